The van der Waals surface area contributed by atoms with Crippen LogP contribution in [-0.2, 0) is 4.79 Å². The van der Waals surface area contributed by atoms with Gasteiger partial charge in [0, 0.05) is 70.2 Å². The van der Waals surface area contributed by atoms with Crippen LogP contribution in [0.25, 0.3) is 11.1 Å². The summed E-state index contributed by atoms with van der Waals surface area (Å²) in [5.41, 5.74) is 3.00. The number of fused-ring (bicyclic) bond motifs is 1. The molecule has 12 heteroatoms. The van der Waals surface area contributed by atoms with Crippen LogP contribution in [0.5, 0.6) is 11.5 Å². The highest BCUT2D eigenvalue weighted by Crippen LogP contribution is 2.32. The fourth-order valence-electron chi connectivity index (χ4n) is 4.56. The van der Waals surface area contributed by atoms with Crippen LogP contribution in [0.3, 0.4) is 0 Å². The maximum atomic E-state index is 14.5. The van der Waals surface area contributed by atoms with Gasteiger partial charge in [0.2, 0.25) is 5.91 Å². The van der Waals surface area contributed by atoms with Gasteiger partial charge >= 0.3 is 12.1 Å². The van der Waals surface area contributed by atoms with E-state index >= 15 is 0 Å². The van der Waals surface area contributed by atoms with Crippen molar-refractivity contribution in [1.29, 1.82) is 0 Å². The molecular weight excluding hydrogens is 553 g/mol. The molecule has 5 amide bonds. The minimum absolute atomic E-state index is 0.0841. The van der Waals surface area contributed by atoms with Crippen molar-refractivity contribution >= 4 is 29.5 Å². The highest BCUT2D eigenvalue weighted by Gasteiger charge is 2.25. The number of anilines is 2. The number of amides is 5. The third kappa shape index (κ3) is 9.76. The van der Waals surface area contributed by atoms with Crippen LogP contribution in [0.1, 0.15) is 19.8 Å². The van der Waals surface area contributed by atoms with Gasteiger partial charge in [0.15, 0.2) is 11.6 Å². The number of halogens is 1. The topological polar surface area (TPSA) is 119 Å². The lowest BCUT2D eigenvalue weighted by atomic mass is 10.0. The standard InChI is InChI=1S/C25H34FN7O4.C6H4/c1-17(34)28-24(35)29-18-5-6-22(21(26)15-18)37-20-7-10-27-23(16-20)30-25(36)32(4)19-8-11-33(12-9-19)14-13-31(2)3;1-2-5-4-6(5)3-1/h5-7,10,15-16,19H,8-9,11-14H2,1-4H3,(H,27,30,36)(H2,28,29,34,35);1-4H. The molecule has 0 saturated carbocycles. The van der Waals surface area contributed by atoms with Gasteiger partial charge in [-0.2, -0.15) is 0 Å². The molecule has 1 saturated heterocycles. The second-order valence-corrected chi connectivity index (χ2v) is 10.8. The maximum Gasteiger partial charge on any atom is 0.325 e. The van der Waals surface area contributed by atoms with Gasteiger partial charge < -0.3 is 24.8 Å². The summed E-state index contributed by atoms with van der Waals surface area (Å²) in [6, 6.07) is 14.5. The van der Waals surface area contributed by atoms with E-state index in [9.17, 15) is 18.8 Å². The van der Waals surface area contributed by atoms with E-state index in [0.29, 0.717) is 0 Å². The number of pyridine rings is 1. The number of rotatable bonds is 8. The van der Waals surface area contributed by atoms with E-state index in [0.717, 1.165) is 45.1 Å². The van der Waals surface area contributed by atoms with Gasteiger partial charge in [0.1, 0.15) is 11.6 Å². The Kier molecular flexibility index (Phi) is 10.6. The predicted octanol–water partition coefficient (Wildman–Crippen LogP) is 4.84. The summed E-state index contributed by atoms with van der Waals surface area (Å²) in [5, 5.41) is 7.17. The number of aromatic nitrogens is 1. The van der Waals surface area contributed by atoms with Crippen LogP contribution in [0.2, 0.25) is 0 Å². The first-order chi connectivity index (χ1) is 20.6. The van der Waals surface area contributed by atoms with Gasteiger partial charge in [0.05, 0.1) is 0 Å². The van der Waals surface area contributed by atoms with Crippen LogP contribution < -0.4 is 20.7 Å². The van der Waals surface area contributed by atoms with E-state index in [1.54, 1.807) is 11.9 Å². The summed E-state index contributed by atoms with van der Waals surface area (Å²) in [6.45, 7) is 5.10. The van der Waals surface area contributed by atoms with E-state index in [2.05, 4.69) is 63.8 Å². The van der Waals surface area contributed by atoms with Crippen molar-refractivity contribution in [1.82, 2.24) is 25.0 Å². The van der Waals surface area contributed by atoms with E-state index in [1.807, 2.05) is 5.32 Å². The first kappa shape index (κ1) is 31.4. The number of benzene rings is 2. The van der Waals surface area contributed by atoms with Crippen LogP contribution in [0, 0.1) is 5.82 Å². The fraction of sp³-hybridized carbons (Fsp3) is 0.355. The summed E-state index contributed by atoms with van der Waals surface area (Å²) < 4.78 is 20.1. The summed E-state index contributed by atoms with van der Waals surface area (Å²) >= 11 is 0. The summed E-state index contributed by atoms with van der Waals surface area (Å²) in [6.07, 6.45) is 3.25. The SMILES string of the molecule is CC(=O)NC(=O)Nc1ccc(Oc2ccnc(NC(=O)N(C)C3CCN(CCN(C)C)CC3)c2)c(F)c1.c1cc2cc-2c1. The molecule has 3 aliphatic rings. The summed E-state index contributed by atoms with van der Waals surface area (Å²) in [7, 11) is 5.89. The number of urea groups is 2. The number of piperidine rings is 1. The number of likely N-dealkylation sites (N-methyl/N-ethyl adjacent to an activating group) is 1. The normalized spacial score (nSPS) is 13.8. The molecule has 5 rings (SSSR count). The molecule has 0 atom stereocenters. The number of hydrogen-bond acceptors (Lipinski definition) is 7. The molecule has 1 aromatic carbocycles. The minimum atomic E-state index is -0.769. The number of carbonyl (C=O) groups excluding carboxylic acids is 3. The molecule has 2 aromatic rings. The van der Waals surface area contributed by atoms with E-state index in [-0.39, 0.29) is 35.1 Å². The van der Waals surface area contributed by atoms with Crippen molar-refractivity contribution in [3.05, 3.63) is 66.6 Å². The van der Waals surface area contributed by atoms with Crippen LogP contribution >= 0.6 is 0 Å². The Bertz CT molecular complexity index is 1430. The number of carbonyl (C=O) groups is 3. The smallest absolute Gasteiger partial charge is 0.325 e. The molecule has 0 spiro atoms. The summed E-state index contributed by atoms with van der Waals surface area (Å²) in [5.74, 6) is -0.794. The Labute approximate surface area is 251 Å². The Hall–Kier alpha value is -4.55. The average Bonchev–Trinajstić information content (AvgIpc) is 3.56. The van der Waals surface area contributed by atoms with Crippen molar-refractivity contribution in [2.24, 2.45) is 0 Å². The number of imide groups is 1. The monoisotopic (exact) mass is 591 g/mol. The number of nitrogens with one attached hydrogen (secondary N) is 3. The molecule has 0 radical (unpaired) electrons. The molecule has 0 bridgehead atoms. The molecule has 3 N–H and O–H groups in total. The van der Waals surface area contributed by atoms with Gasteiger partial charge in [-0.1, -0.05) is 18.2 Å². The molecule has 1 fully saturated rings. The minimum Gasteiger partial charge on any atom is -0.454 e. The quantitative estimate of drug-likeness (QED) is 0.268. The zero-order valence-electron chi connectivity index (χ0n) is 24.9. The van der Waals surface area contributed by atoms with Gasteiger partial charge in [-0.3, -0.25) is 15.4 Å². The van der Waals surface area contributed by atoms with Crippen molar-refractivity contribution < 1.29 is 23.5 Å². The lowest BCUT2D eigenvalue weighted by Gasteiger charge is -2.37. The third-order valence-corrected chi connectivity index (χ3v) is 7.07. The maximum absolute atomic E-state index is 14.5. The van der Waals surface area contributed by atoms with E-state index in [1.165, 1.54) is 48.5 Å². The van der Waals surface area contributed by atoms with Crippen molar-refractivity contribution in [3.63, 3.8) is 0 Å². The summed E-state index contributed by atoms with van der Waals surface area (Å²) in [4.78, 5) is 45.8. The largest absolute Gasteiger partial charge is 0.454 e. The number of likely N-dealkylation sites (tertiary alicyclic amines) is 1. The highest BCUT2D eigenvalue weighted by atomic mass is 19.1. The Balaban J connectivity index is 0.000000615. The second-order valence-electron chi connectivity index (χ2n) is 10.8. The molecule has 43 heavy (non-hydrogen) atoms. The van der Waals surface area contributed by atoms with Crippen LogP contribution in [-0.4, -0.2) is 91.0 Å². The number of hydrogen-bond donors (Lipinski definition) is 3. The second kappa shape index (κ2) is 14.6. The number of nitrogens with zero attached hydrogens (tertiary/aromatic N) is 4. The first-order valence-corrected chi connectivity index (χ1v) is 14.1. The van der Waals surface area contributed by atoms with Gasteiger partial charge in [-0.05, 0) is 62.3 Å². The fourth-order valence-corrected chi connectivity index (χ4v) is 4.56. The van der Waals surface area contributed by atoms with Gasteiger partial charge in [0.25, 0.3) is 0 Å². The Morgan fingerprint density at radius 3 is 2.30 bits per heavy atom. The molecule has 2 aliphatic carbocycles. The molecule has 1 aliphatic heterocycles. The van der Waals surface area contributed by atoms with Crippen molar-refractivity contribution in [3.8, 4) is 22.6 Å². The molecular formula is C31H38FN7O4. The molecule has 1 aromatic heterocycles. The van der Waals surface area contributed by atoms with Crippen molar-refractivity contribution in [2.45, 2.75) is 25.8 Å². The van der Waals surface area contributed by atoms with Gasteiger partial charge in [-0.25, -0.2) is 19.0 Å². The first-order valence-electron chi connectivity index (χ1n) is 14.1. The highest BCUT2D eigenvalue weighted by molar-refractivity contribution is 6.00. The van der Waals surface area contributed by atoms with Gasteiger partial charge in [-0.15, -0.1) is 0 Å². The zero-order chi connectivity index (χ0) is 30.9. The molecule has 11 nitrogen and oxygen atoms in total. The van der Waals surface area contributed by atoms with Crippen LogP contribution in [0.15, 0.2) is 60.8 Å². The lowest BCUT2D eigenvalue weighted by molar-refractivity contribution is -0.117. The number of ether oxygens (including phenoxy) is 1. The predicted molar refractivity (Wildman–Crippen MR) is 164 cm³/mol. The van der Waals surface area contributed by atoms with E-state index < -0.39 is 17.8 Å². The van der Waals surface area contributed by atoms with Crippen molar-refractivity contribution in [2.75, 3.05) is 58.0 Å². The van der Waals surface area contributed by atoms with Crippen LogP contribution in [0.4, 0.5) is 25.5 Å². The molecule has 228 valence electrons. The third-order valence-electron chi connectivity index (χ3n) is 7.07. The molecule has 2 heterocycles. The Morgan fingerprint density at radius 1 is 1.00 bits per heavy atom. The van der Waals surface area contributed by atoms with E-state index in [4.69, 9.17) is 4.74 Å². The molecule has 0 unspecified atom stereocenters. The Morgan fingerprint density at radius 2 is 1.72 bits per heavy atom. The zero-order valence-corrected chi connectivity index (χ0v) is 24.9. The lowest BCUT2D eigenvalue weighted by Crippen LogP contribution is -2.48. The average molecular weight is 592 g/mol.